The first-order valence-corrected chi connectivity index (χ1v) is 15.8. The lowest BCUT2D eigenvalue weighted by molar-refractivity contribution is -0.384. The lowest BCUT2D eigenvalue weighted by atomic mass is 10.1. The number of rotatable bonds is 12. The van der Waals surface area contributed by atoms with Crippen molar-refractivity contribution >= 4 is 57.0 Å². The Labute approximate surface area is 278 Å². The highest BCUT2D eigenvalue weighted by atomic mass is 32.2. The van der Waals surface area contributed by atoms with Crippen LogP contribution in [0.1, 0.15) is 17.0 Å². The van der Waals surface area contributed by atoms with E-state index in [0.717, 1.165) is 39.7 Å². The highest BCUT2D eigenvalue weighted by Crippen LogP contribution is 2.25. The average molecular weight is 667 g/mol. The van der Waals surface area contributed by atoms with Gasteiger partial charge in [0.25, 0.3) is 10.9 Å². The predicted molar refractivity (Wildman–Crippen MR) is 181 cm³/mol. The summed E-state index contributed by atoms with van der Waals surface area (Å²) in [5.41, 5.74) is 4.69. The number of hydrogen-bond donors (Lipinski definition) is 3. The number of amides is 4. The third kappa shape index (κ3) is 7.90. The molecule has 13 nitrogen and oxygen atoms in total. The second-order valence-electron chi connectivity index (χ2n) is 10.9. The Kier molecular flexibility index (Phi) is 9.52. The second kappa shape index (κ2) is 14.3. The molecule has 1 aliphatic rings. The summed E-state index contributed by atoms with van der Waals surface area (Å²) in [6.07, 6.45) is 1.12. The molecule has 5 aromatic rings. The molecule has 48 heavy (non-hydrogen) atoms. The van der Waals surface area contributed by atoms with Gasteiger partial charge < -0.3 is 24.7 Å². The fraction of sp³-hybridized carbons (Fsp3) is 0.176. The number of hydrogen-bond acceptors (Lipinski definition) is 9. The van der Waals surface area contributed by atoms with Gasteiger partial charge in [0.05, 0.1) is 27.8 Å². The summed E-state index contributed by atoms with van der Waals surface area (Å²) < 4.78 is 14.0. The molecule has 0 saturated carbocycles. The summed E-state index contributed by atoms with van der Waals surface area (Å²) in [6, 6.07) is 25.7. The molecule has 4 amide bonds. The molecule has 1 saturated heterocycles. The van der Waals surface area contributed by atoms with Crippen molar-refractivity contribution < 1.29 is 28.8 Å². The van der Waals surface area contributed by atoms with E-state index in [1.54, 1.807) is 12.1 Å². The van der Waals surface area contributed by atoms with Crippen molar-refractivity contribution in [1.82, 2.24) is 14.9 Å². The number of nitrogens with zero attached hydrogens (tertiary/aromatic N) is 3. The average Bonchev–Trinajstić information content (AvgIpc) is 3.57. The molecule has 3 N–H and O–H groups in total. The molecular weight excluding hydrogens is 636 g/mol. The number of nitro groups is 1. The molecule has 2 heterocycles. The van der Waals surface area contributed by atoms with E-state index in [0.29, 0.717) is 42.3 Å². The van der Waals surface area contributed by atoms with Gasteiger partial charge in [-0.1, -0.05) is 36.0 Å². The first-order chi connectivity index (χ1) is 23.2. The van der Waals surface area contributed by atoms with Crippen LogP contribution in [0.5, 0.6) is 11.5 Å². The maximum absolute atomic E-state index is 12.3. The van der Waals surface area contributed by atoms with Crippen LogP contribution in [0.2, 0.25) is 0 Å². The van der Waals surface area contributed by atoms with E-state index in [-0.39, 0.29) is 23.4 Å². The van der Waals surface area contributed by atoms with Crippen LogP contribution in [0.3, 0.4) is 0 Å². The van der Waals surface area contributed by atoms with Gasteiger partial charge in [-0.05, 0) is 66.1 Å². The van der Waals surface area contributed by atoms with Gasteiger partial charge in [0.15, 0.2) is 0 Å². The van der Waals surface area contributed by atoms with E-state index in [2.05, 4.69) is 16.0 Å². The maximum atomic E-state index is 12.3. The number of carbonyl (C=O) groups is 3. The number of aromatic nitrogens is 2. The molecule has 1 fully saturated rings. The fourth-order valence-corrected chi connectivity index (χ4v) is 5.91. The van der Waals surface area contributed by atoms with Gasteiger partial charge in [0, 0.05) is 43.0 Å². The molecule has 0 spiro atoms. The van der Waals surface area contributed by atoms with Crippen molar-refractivity contribution in [3.8, 4) is 11.5 Å². The van der Waals surface area contributed by atoms with Crippen LogP contribution in [-0.4, -0.2) is 43.5 Å². The summed E-state index contributed by atoms with van der Waals surface area (Å²) in [5, 5.41) is 17.8. The number of fused-ring (bicyclic) bond motifs is 1. The first kappa shape index (κ1) is 32.1. The normalized spacial score (nSPS) is 14.1. The highest BCUT2D eigenvalue weighted by Gasteiger charge is 2.31. The Morgan fingerprint density at radius 3 is 2.21 bits per heavy atom. The Morgan fingerprint density at radius 2 is 1.56 bits per heavy atom. The SMILES string of the molecule is Cn1c(COc2ccc(CC3SC(=O)NC3=O)cc2)nc2ccc(OCCc3ccc(NC(=O)Nc4ccc([N+](=O)[O-])cc4)cc3)cc21. The van der Waals surface area contributed by atoms with Crippen molar-refractivity contribution in [2.24, 2.45) is 7.05 Å². The largest absolute Gasteiger partial charge is 0.493 e. The van der Waals surface area contributed by atoms with Crippen molar-refractivity contribution in [3.05, 3.63) is 118 Å². The van der Waals surface area contributed by atoms with Gasteiger partial charge in [-0.2, -0.15) is 0 Å². The van der Waals surface area contributed by atoms with Crippen LogP contribution < -0.4 is 25.4 Å². The number of thioether (sulfide) groups is 1. The fourth-order valence-electron chi connectivity index (χ4n) is 5.05. The summed E-state index contributed by atoms with van der Waals surface area (Å²) in [6.45, 7) is 0.711. The first-order valence-electron chi connectivity index (χ1n) is 14.9. The van der Waals surface area contributed by atoms with E-state index in [4.69, 9.17) is 14.5 Å². The standard InChI is InChI=1S/C34H30N6O7S/c1-39-29-19-27(46-17-16-21-2-6-23(7-3-21)35-33(42)36-24-8-10-25(11-9-24)40(44)45)14-15-28(29)37-31(39)20-47-26-12-4-22(5-13-26)18-30-32(41)38-34(43)48-30/h2-15,19,30H,16-18,20H2,1H3,(H2,35,36,42)(H,38,41,43). The molecule has 0 bridgehead atoms. The minimum absolute atomic E-state index is 0.0522. The van der Waals surface area contributed by atoms with Crippen LogP contribution >= 0.6 is 11.8 Å². The van der Waals surface area contributed by atoms with Crippen LogP contribution in [0.4, 0.5) is 26.7 Å². The Balaban J connectivity index is 0.965. The number of imidazole rings is 1. The molecular formula is C34H30N6O7S. The lowest BCUT2D eigenvalue weighted by Crippen LogP contribution is -2.25. The zero-order chi connectivity index (χ0) is 33.6. The molecule has 4 aromatic carbocycles. The number of anilines is 2. The number of imide groups is 1. The molecule has 6 rings (SSSR count). The van der Waals surface area contributed by atoms with Gasteiger partial charge in [-0.3, -0.25) is 25.0 Å². The number of non-ortho nitro benzene ring substituents is 1. The number of nitro benzene ring substituents is 1. The Hall–Kier alpha value is -5.89. The number of benzene rings is 4. The van der Waals surface area contributed by atoms with E-state index < -0.39 is 16.2 Å². The summed E-state index contributed by atoms with van der Waals surface area (Å²) in [5.74, 6) is 1.88. The molecule has 1 atom stereocenters. The molecule has 244 valence electrons. The smallest absolute Gasteiger partial charge is 0.323 e. The van der Waals surface area contributed by atoms with Crippen LogP contribution in [0.15, 0.2) is 91.0 Å². The number of nitrogens with one attached hydrogen (secondary N) is 3. The Bertz CT molecular complexity index is 1980. The zero-order valence-electron chi connectivity index (χ0n) is 25.7. The summed E-state index contributed by atoms with van der Waals surface area (Å²) >= 11 is 1.01. The third-order valence-corrected chi connectivity index (χ3v) is 8.61. The summed E-state index contributed by atoms with van der Waals surface area (Å²) in [4.78, 5) is 50.5. The molecule has 1 aromatic heterocycles. The van der Waals surface area contributed by atoms with E-state index in [9.17, 15) is 24.5 Å². The van der Waals surface area contributed by atoms with Crippen molar-refractivity contribution in [1.29, 1.82) is 0 Å². The number of ether oxygens (including phenoxy) is 2. The third-order valence-electron chi connectivity index (χ3n) is 7.63. The topological polar surface area (TPSA) is 167 Å². The van der Waals surface area contributed by atoms with Crippen LogP contribution in [0, 0.1) is 10.1 Å². The van der Waals surface area contributed by atoms with Gasteiger partial charge in [0.2, 0.25) is 5.91 Å². The molecule has 1 unspecified atom stereocenters. The van der Waals surface area contributed by atoms with Crippen molar-refractivity contribution in [2.75, 3.05) is 17.2 Å². The Morgan fingerprint density at radius 1 is 0.917 bits per heavy atom. The lowest BCUT2D eigenvalue weighted by Gasteiger charge is -2.10. The van der Waals surface area contributed by atoms with Crippen molar-refractivity contribution in [3.63, 3.8) is 0 Å². The molecule has 1 aliphatic heterocycles. The van der Waals surface area contributed by atoms with Gasteiger partial charge in [-0.15, -0.1) is 0 Å². The van der Waals surface area contributed by atoms with Crippen LogP contribution in [0.25, 0.3) is 11.0 Å². The van der Waals surface area contributed by atoms with E-state index in [1.807, 2.05) is 66.2 Å². The van der Waals surface area contributed by atoms with Crippen molar-refractivity contribution in [2.45, 2.75) is 24.7 Å². The number of carbonyl (C=O) groups excluding carboxylic acids is 3. The number of aryl methyl sites for hydroxylation is 1. The number of urea groups is 1. The van der Waals surface area contributed by atoms with E-state index in [1.165, 1.54) is 24.3 Å². The zero-order valence-corrected chi connectivity index (χ0v) is 26.5. The molecule has 14 heteroatoms. The van der Waals surface area contributed by atoms with Gasteiger partial charge in [-0.25, -0.2) is 9.78 Å². The quantitative estimate of drug-likeness (QED) is 0.103. The predicted octanol–water partition coefficient (Wildman–Crippen LogP) is 6.22. The summed E-state index contributed by atoms with van der Waals surface area (Å²) in [7, 11) is 1.92. The molecule has 0 radical (unpaired) electrons. The minimum Gasteiger partial charge on any atom is -0.493 e. The van der Waals surface area contributed by atoms with Gasteiger partial charge >= 0.3 is 6.03 Å². The van der Waals surface area contributed by atoms with E-state index >= 15 is 0 Å². The minimum atomic E-state index is -0.499. The van der Waals surface area contributed by atoms with Crippen LogP contribution in [-0.2, 0) is 31.3 Å². The maximum Gasteiger partial charge on any atom is 0.323 e. The molecule has 0 aliphatic carbocycles. The second-order valence-corrected chi connectivity index (χ2v) is 12.1. The van der Waals surface area contributed by atoms with Gasteiger partial charge in [0.1, 0.15) is 23.9 Å². The monoisotopic (exact) mass is 666 g/mol. The highest BCUT2D eigenvalue weighted by molar-refractivity contribution is 8.15.